The summed E-state index contributed by atoms with van der Waals surface area (Å²) in [6.07, 6.45) is 1.32. The van der Waals surface area contributed by atoms with Crippen LogP contribution in [0.1, 0.15) is 6.92 Å². The fourth-order valence-electron chi connectivity index (χ4n) is 0.456. The van der Waals surface area contributed by atoms with E-state index in [0.717, 1.165) is 0 Å². The molecule has 1 atom stereocenters. The van der Waals surface area contributed by atoms with Crippen molar-refractivity contribution < 1.29 is 14.3 Å². The van der Waals surface area contributed by atoms with Crippen LogP contribution in [-0.2, 0) is 14.3 Å². The molecule has 1 rings (SSSR count). The van der Waals surface area contributed by atoms with Gasteiger partial charge in [0.25, 0.3) is 0 Å². The Hall–Kier alpha value is -1.60. The van der Waals surface area contributed by atoms with E-state index in [1.807, 2.05) is 0 Å². The van der Waals surface area contributed by atoms with Crippen LogP contribution in [0.3, 0.4) is 0 Å². The van der Waals surface area contributed by atoms with Crippen LogP contribution < -0.4 is 0 Å². The fraction of sp³-hybridized carbons (Fsp3) is 0.400. The summed E-state index contributed by atoms with van der Waals surface area (Å²) in [6, 6.07) is 1.69. The zero-order chi connectivity index (χ0) is 11.0. The number of rotatable bonds is 3. The number of nitrogens with zero attached hydrogens (tertiary/aromatic N) is 1. The summed E-state index contributed by atoms with van der Waals surface area (Å²) in [7, 11) is 0. The Labute approximate surface area is 83.4 Å². The molecule has 1 unspecified atom stereocenters. The first kappa shape index (κ1) is 12.4. The van der Waals surface area contributed by atoms with Gasteiger partial charge in [-0.15, -0.1) is 0 Å². The lowest BCUT2D eigenvalue weighted by Crippen LogP contribution is -2.09. The van der Waals surface area contributed by atoms with Gasteiger partial charge in [-0.1, -0.05) is 13.2 Å². The first-order valence-corrected chi connectivity index (χ1v) is 4.06. The second-order valence-corrected chi connectivity index (χ2v) is 2.67. The maximum atomic E-state index is 10.7. The third-order valence-electron chi connectivity index (χ3n) is 1.24. The molecule has 0 amide bonds. The molecule has 0 radical (unpaired) electrons. The smallest absolute Gasteiger partial charge is 0.333 e. The van der Waals surface area contributed by atoms with E-state index in [2.05, 4.69) is 13.2 Å². The largest absolute Gasteiger partial charge is 0.459 e. The highest BCUT2D eigenvalue weighted by Crippen LogP contribution is 2.09. The SMILES string of the molecule is C=C(C)C(=O)OCC1CO1.C=CC#N. The molecule has 4 heteroatoms. The highest BCUT2D eigenvalue weighted by atomic mass is 16.6. The molecule has 0 bridgehead atoms. The number of esters is 1. The standard InChI is InChI=1S/C7H10O3.C3H3N/c1-5(2)7(8)10-4-6-3-9-6;1-2-3-4/h6H,1,3-4H2,2H3;2H,1H2. The average Bonchev–Trinajstić information content (AvgIpc) is 2.98. The maximum absolute atomic E-state index is 10.7. The minimum absolute atomic E-state index is 0.142. The predicted octanol–water partition coefficient (Wildman–Crippen LogP) is 1.20. The van der Waals surface area contributed by atoms with Crippen molar-refractivity contribution in [3.05, 3.63) is 24.8 Å². The van der Waals surface area contributed by atoms with Gasteiger partial charge in [-0.3, -0.25) is 0 Å². The van der Waals surface area contributed by atoms with Crippen LogP contribution in [0.2, 0.25) is 0 Å². The molecule has 4 nitrogen and oxygen atoms in total. The van der Waals surface area contributed by atoms with E-state index in [-0.39, 0.29) is 12.1 Å². The number of carbonyl (C=O) groups is 1. The van der Waals surface area contributed by atoms with E-state index in [1.165, 1.54) is 6.08 Å². The molecule has 1 saturated heterocycles. The molecule has 0 aromatic rings. The molecule has 1 fully saturated rings. The van der Waals surface area contributed by atoms with Crippen LogP contribution in [0.4, 0.5) is 0 Å². The topological polar surface area (TPSA) is 62.6 Å². The first-order valence-electron chi connectivity index (χ1n) is 4.06. The highest BCUT2D eigenvalue weighted by molar-refractivity contribution is 5.86. The summed E-state index contributed by atoms with van der Waals surface area (Å²) < 4.78 is 9.60. The van der Waals surface area contributed by atoms with E-state index in [0.29, 0.717) is 18.8 Å². The molecule has 0 saturated carbocycles. The Kier molecular flexibility index (Phi) is 6.08. The summed E-state index contributed by atoms with van der Waals surface area (Å²) in [5, 5.41) is 7.51. The molecule has 1 heterocycles. The number of carbonyl (C=O) groups excluding carboxylic acids is 1. The van der Waals surface area contributed by atoms with Crippen LogP contribution in [0.15, 0.2) is 24.8 Å². The monoisotopic (exact) mass is 195 g/mol. The number of hydrogen-bond donors (Lipinski definition) is 0. The van der Waals surface area contributed by atoms with Gasteiger partial charge in [0.2, 0.25) is 0 Å². The second-order valence-electron chi connectivity index (χ2n) is 2.67. The van der Waals surface area contributed by atoms with Gasteiger partial charge in [0.15, 0.2) is 0 Å². The molecule has 0 spiro atoms. The number of epoxide rings is 1. The van der Waals surface area contributed by atoms with Crippen molar-refractivity contribution in [2.45, 2.75) is 13.0 Å². The van der Waals surface area contributed by atoms with Crippen LogP contribution in [0.5, 0.6) is 0 Å². The Balaban J connectivity index is 0.000000364. The lowest BCUT2D eigenvalue weighted by Gasteiger charge is -1.99. The predicted molar refractivity (Wildman–Crippen MR) is 51.3 cm³/mol. The van der Waals surface area contributed by atoms with Crippen LogP contribution in [-0.4, -0.2) is 25.3 Å². The van der Waals surface area contributed by atoms with Crippen LogP contribution in [0.25, 0.3) is 0 Å². The lowest BCUT2D eigenvalue weighted by molar-refractivity contribution is -0.139. The van der Waals surface area contributed by atoms with Gasteiger partial charge in [-0.05, 0) is 6.92 Å². The van der Waals surface area contributed by atoms with Gasteiger partial charge in [0.1, 0.15) is 12.7 Å². The van der Waals surface area contributed by atoms with Gasteiger partial charge in [0, 0.05) is 11.6 Å². The zero-order valence-corrected chi connectivity index (χ0v) is 8.16. The molecule has 1 aliphatic rings. The molecule has 0 aliphatic carbocycles. The summed E-state index contributed by atoms with van der Waals surface area (Å²) >= 11 is 0. The van der Waals surface area contributed by atoms with Crippen LogP contribution in [0, 0.1) is 11.3 Å². The molecular formula is C10H13NO3. The van der Waals surface area contributed by atoms with Gasteiger partial charge < -0.3 is 9.47 Å². The number of ether oxygens (including phenoxy) is 2. The van der Waals surface area contributed by atoms with Gasteiger partial charge >= 0.3 is 5.97 Å². The van der Waals surface area contributed by atoms with Crippen LogP contribution >= 0.6 is 0 Å². The second kappa shape index (κ2) is 6.87. The Morgan fingerprint density at radius 1 is 1.86 bits per heavy atom. The van der Waals surface area contributed by atoms with Gasteiger partial charge in [-0.25, -0.2) is 4.79 Å². The summed E-state index contributed by atoms with van der Waals surface area (Å²) in [5.41, 5.74) is 0.431. The molecule has 76 valence electrons. The first-order chi connectivity index (χ1) is 6.61. The molecular weight excluding hydrogens is 182 g/mol. The van der Waals surface area contributed by atoms with Crippen molar-refractivity contribution in [1.29, 1.82) is 5.26 Å². The van der Waals surface area contributed by atoms with E-state index < -0.39 is 0 Å². The molecule has 0 aromatic carbocycles. The van der Waals surface area contributed by atoms with Crippen molar-refractivity contribution in [2.24, 2.45) is 0 Å². The van der Waals surface area contributed by atoms with E-state index >= 15 is 0 Å². The highest BCUT2D eigenvalue weighted by Gasteiger charge is 2.24. The number of allylic oxidation sites excluding steroid dienone is 1. The van der Waals surface area contributed by atoms with Crippen molar-refractivity contribution >= 4 is 5.97 Å². The van der Waals surface area contributed by atoms with Crippen molar-refractivity contribution in [1.82, 2.24) is 0 Å². The average molecular weight is 195 g/mol. The van der Waals surface area contributed by atoms with Crippen molar-refractivity contribution in [3.8, 4) is 6.07 Å². The zero-order valence-electron chi connectivity index (χ0n) is 8.16. The Morgan fingerprint density at radius 3 is 2.64 bits per heavy atom. The third kappa shape index (κ3) is 7.07. The Bertz CT molecular complexity index is 261. The molecule has 0 N–H and O–H groups in total. The Morgan fingerprint density at radius 2 is 2.36 bits per heavy atom. The minimum Gasteiger partial charge on any atom is -0.459 e. The molecule has 0 aromatic heterocycles. The van der Waals surface area contributed by atoms with Gasteiger partial charge in [0.05, 0.1) is 12.7 Å². The summed E-state index contributed by atoms with van der Waals surface area (Å²) in [5.74, 6) is -0.337. The third-order valence-corrected chi connectivity index (χ3v) is 1.24. The lowest BCUT2D eigenvalue weighted by atomic mass is 10.4. The minimum atomic E-state index is -0.337. The molecule has 14 heavy (non-hydrogen) atoms. The van der Waals surface area contributed by atoms with E-state index in [1.54, 1.807) is 13.0 Å². The fourth-order valence-corrected chi connectivity index (χ4v) is 0.456. The number of nitriles is 1. The van der Waals surface area contributed by atoms with E-state index in [9.17, 15) is 4.79 Å². The van der Waals surface area contributed by atoms with E-state index in [4.69, 9.17) is 14.7 Å². The van der Waals surface area contributed by atoms with Crippen molar-refractivity contribution in [3.63, 3.8) is 0 Å². The molecule has 1 aliphatic heterocycles. The maximum Gasteiger partial charge on any atom is 0.333 e. The normalized spacial score (nSPS) is 16.7. The van der Waals surface area contributed by atoms with Crippen molar-refractivity contribution in [2.75, 3.05) is 13.2 Å². The summed E-state index contributed by atoms with van der Waals surface area (Å²) in [4.78, 5) is 10.7. The number of hydrogen-bond acceptors (Lipinski definition) is 4. The van der Waals surface area contributed by atoms with Gasteiger partial charge in [-0.2, -0.15) is 5.26 Å². The quantitative estimate of drug-likeness (QED) is 0.294. The summed E-state index contributed by atoms with van der Waals surface area (Å²) in [6.45, 7) is 9.26.